The van der Waals surface area contributed by atoms with Crippen LogP contribution < -0.4 is 0 Å². The van der Waals surface area contributed by atoms with E-state index in [-0.39, 0.29) is 38.3 Å². The first-order chi connectivity index (χ1) is 7.20. The van der Waals surface area contributed by atoms with Gasteiger partial charge in [0.2, 0.25) is 0 Å². The smallest absolute Gasteiger partial charge is 0.282 e. The fourth-order valence-corrected chi connectivity index (χ4v) is 1.05. The molecule has 0 unspecified atom stereocenters. The molecule has 0 aliphatic heterocycles. The zero-order valence-electron chi connectivity index (χ0n) is 8.86. The van der Waals surface area contributed by atoms with Crippen molar-refractivity contribution in [3.63, 3.8) is 0 Å². The second-order valence-electron chi connectivity index (χ2n) is 2.73. The van der Waals surface area contributed by atoms with Crippen molar-refractivity contribution >= 4 is 11.5 Å². The first-order valence-corrected chi connectivity index (χ1v) is 4.22. The van der Waals surface area contributed by atoms with Gasteiger partial charge in [0.15, 0.2) is 0 Å². The zero-order valence-corrected chi connectivity index (χ0v) is 11.7. The fourth-order valence-electron chi connectivity index (χ4n) is 1.05. The van der Waals surface area contributed by atoms with Crippen LogP contribution >= 0.6 is 0 Å². The normalized spacial score (nSPS) is 10.5. The van der Waals surface area contributed by atoms with Crippen LogP contribution in [0.4, 0.5) is 0 Å². The Bertz CT molecular complexity index is 432. The molecule has 0 atom stereocenters. The first kappa shape index (κ1) is 14.9. The van der Waals surface area contributed by atoms with Gasteiger partial charge in [-0.3, -0.25) is 10.4 Å². The third-order valence-corrected chi connectivity index (χ3v) is 1.84. The molecule has 1 aromatic carbocycles. The summed E-state index contributed by atoms with van der Waals surface area (Å²) in [6.45, 7) is 3.67. The van der Waals surface area contributed by atoms with E-state index in [2.05, 4.69) is 17.7 Å². The van der Waals surface area contributed by atoms with Gasteiger partial charge in [-0.1, -0.05) is 0 Å². The molecule has 1 radical (unpaired) electrons. The molecule has 16 heavy (non-hydrogen) atoms. The average molecular weight is 288 g/mol. The Kier molecular flexibility index (Phi) is 6.72. The molecule has 0 bridgehead atoms. The van der Waals surface area contributed by atoms with E-state index in [9.17, 15) is 4.79 Å². The number of methoxy groups -OCH3 is 1. The SMILES string of the molecule is [CH2-]/C(=C(\C#N)C(=O)OC)c1[c-]cccc1.[Y]. The molecule has 79 valence electrons. The zero-order chi connectivity index (χ0) is 11.3. The van der Waals surface area contributed by atoms with Crippen molar-refractivity contribution in [2.75, 3.05) is 7.11 Å². The molecular formula is C12H9NO2Y-2. The number of nitrogens with zero attached hydrogens (tertiary/aromatic N) is 1. The molecule has 0 spiro atoms. The van der Waals surface area contributed by atoms with Gasteiger partial charge in [-0.05, 0) is 5.57 Å². The summed E-state index contributed by atoms with van der Waals surface area (Å²) in [6.07, 6.45) is 0. The van der Waals surface area contributed by atoms with Gasteiger partial charge in [-0.2, -0.15) is 12.1 Å². The number of ether oxygens (including phenoxy) is 1. The van der Waals surface area contributed by atoms with Crippen LogP contribution in [-0.2, 0) is 42.2 Å². The van der Waals surface area contributed by atoms with Gasteiger partial charge in [0.05, 0.1) is 7.11 Å². The van der Waals surface area contributed by atoms with E-state index in [1.807, 2.05) is 0 Å². The molecule has 0 amide bonds. The summed E-state index contributed by atoms with van der Waals surface area (Å²) in [4.78, 5) is 11.2. The maximum Gasteiger partial charge on any atom is 0.282 e. The Hall–Kier alpha value is -1.11. The number of carbonyl (C=O) groups excluding carboxylic acids is 1. The van der Waals surface area contributed by atoms with Crippen molar-refractivity contribution in [2.24, 2.45) is 0 Å². The maximum atomic E-state index is 11.2. The average Bonchev–Trinajstić information content (AvgIpc) is 2.30. The summed E-state index contributed by atoms with van der Waals surface area (Å²) in [5.41, 5.74) is 0.837. The topological polar surface area (TPSA) is 50.1 Å². The number of benzene rings is 1. The van der Waals surface area contributed by atoms with Crippen molar-refractivity contribution in [3.05, 3.63) is 48.4 Å². The second-order valence-corrected chi connectivity index (χ2v) is 2.73. The summed E-state index contributed by atoms with van der Waals surface area (Å²) < 4.78 is 4.47. The van der Waals surface area contributed by atoms with Gasteiger partial charge in [0, 0.05) is 38.8 Å². The third kappa shape index (κ3) is 3.48. The minimum Gasteiger partial charge on any atom is -0.475 e. The molecule has 1 rings (SSSR count). The third-order valence-electron chi connectivity index (χ3n) is 1.84. The van der Waals surface area contributed by atoms with Crippen LogP contribution in [0.3, 0.4) is 0 Å². The summed E-state index contributed by atoms with van der Waals surface area (Å²) in [6, 6.07) is 11.6. The Morgan fingerprint density at radius 3 is 2.69 bits per heavy atom. The monoisotopic (exact) mass is 288 g/mol. The van der Waals surface area contributed by atoms with E-state index in [1.54, 1.807) is 30.3 Å². The minimum absolute atomic E-state index is 0. The quantitative estimate of drug-likeness (QED) is 0.361. The van der Waals surface area contributed by atoms with Crippen molar-refractivity contribution < 1.29 is 42.2 Å². The van der Waals surface area contributed by atoms with Crippen LogP contribution in [0.5, 0.6) is 0 Å². The van der Waals surface area contributed by atoms with Crippen LogP contribution in [-0.4, -0.2) is 13.1 Å². The number of esters is 1. The Labute approximate surface area is 120 Å². The van der Waals surface area contributed by atoms with Crippen LogP contribution in [0.2, 0.25) is 0 Å². The van der Waals surface area contributed by atoms with Gasteiger partial charge < -0.3 is 4.74 Å². The molecule has 0 N–H and O–H groups in total. The Morgan fingerprint density at radius 1 is 1.56 bits per heavy atom. The van der Waals surface area contributed by atoms with Gasteiger partial charge >= 0.3 is 0 Å². The molecular weight excluding hydrogens is 279 g/mol. The molecule has 3 nitrogen and oxygen atoms in total. The van der Waals surface area contributed by atoms with E-state index >= 15 is 0 Å². The summed E-state index contributed by atoms with van der Waals surface area (Å²) in [5.74, 6) is -0.681. The largest absolute Gasteiger partial charge is 0.475 e. The molecule has 0 saturated carbocycles. The van der Waals surface area contributed by atoms with Gasteiger partial charge in [0.1, 0.15) is 0 Å². The second kappa shape index (κ2) is 7.21. The maximum absolute atomic E-state index is 11.2. The Morgan fingerprint density at radius 2 is 2.25 bits per heavy atom. The van der Waals surface area contributed by atoms with Crippen molar-refractivity contribution in [3.8, 4) is 6.07 Å². The molecule has 0 aliphatic carbocycles. The number of nitriles is 1. The van der Waals surface area contributed by atoms with Crippen molar-refractivity contribution in [1.29, 1.82) is 5.26 Å². The standard InChI is InChI=1S/C12H9NO2.Y/c1-9(10-6-4-3-5-7-10)11(8-13)12(14)15-2;/h3-6H,1H2,2H3;/q-2;/b11-9-;. The molecule has 0 saturated heterocycles. The number of allylic oxidation sites excluding steroid dienone is 1. The van der Waals surface area contributed by atoms with Gasteiger partial charge in [-0.15, -0.1) is 6.07 Å². The van der Waals surface area contributed by atoms with Crippen molar-refractivity contribution in [2.45, 2.75) is 0 Å². The van der Waals surface area contributed by atoms with E-state index in [4.69, 9.17) is 5.26 Å². The predicted molar refractivity (Wildman–Crippen MR) is 55.2 cm³/mol. The number of carbonyl (C=O) groups is 1. The van der Waals surface area contributed by atoms with Gasteiger partial charge in [0.25, 0.3) is 5.97 Å². The Balaban J connectivity index is 0.00000225. The molecule has 4 heteroatoms. The summed E-state index contributed by atoms with van der Waals surface area (Å²) in [7, 11) is 1.22. The molecule has 0 heterocycles. The molecule has 0 aliphatic rings. The van der Waals surface area contributed by atoms with Crippen LogP contribution in [0.15, 0.2) is 29.8 Å². The molecule has 0 fully saturated rings. The van der Waals surface area contributed by atoms with Gasteiger partial charge in [-0.25, -0.2) is 29.9 Å². The fraction of sp³-hybridized carbons (Fsp3) is 0.0833. The number of hydrogen-bond donors (Lipinski definition) is 0. The minimum atomic E-state index is -0.681. The van der Waals surface area contributed by atoms with E-state index in [0.717, 1.165) is 0 Å². The summed E-state index contributed by atoms with van der Waals surface area (Å²) in [5, 5.41) is 8.80. The summed E-state index contributed by atoms with van der Waals surface area (Å²) >= 11 is 0. The van der Waals surface area contributed by atoms with Crippen LogP contribution in [0, 0.1) is 24.3 Å². The first-order valence-electron chi connectivity index (χ1n) is 4.22. The van der Waals surface area contributed by atoms with Crippen molar-refractivity contribution in [1.82, 2.24) is 0 Å². The van der Waals surface area contributed by atoms with E-state index < -0.39 is 5.97 Å². The van der Waals surface area contributed by atoms with E-state index in [0.29, 0.717) is 11.1 Å². The molecule has 0 aromatic heterocycles. The number of hydrogen-bond acceptors (Lipinski definition) is 3. The van der Waals surface area contributed by atoms with Crippen LogP contribution in [0.1, 0.15) is 5.56 Å². The molecule has 1 aromatic rings. The predicted octanol–water partition coefficient (Wildman–Crippen LogP) is 1.77. The number of rotatable bonds is 2. The van der Waals surface area contributed by atoms with E-state index in [1.165, 1.54) is 7.11 Å². The van der Waals surface area contributed by atoms with Crippen LogP contribution in [0.25, 0.3) is 5.57 Å².